The Balaban J connectivity index is 2.01. The lowest BCUT2D eigenvalue weighted by Crippen LogP contribution is -2.37. The zero-order chi connectivity index (χ0) is 15.1. The molecule has 0 saturated carbocycles. The highest BCUT2D eigenvalue weighted by Gasteiger charge is 2.21. The van der Waals surface area contributed by atoms with Crippen molar-refractivity contribution in [2.24, 2.45) is 0 Å². The molecule has 2 unspecified atom stereocenters. The molecule has 0 amide bonds. The molecular weight excluding hydrogens is 305 g/mol. The smallest absolute Gasteiger partial charge is 0.0590 e. The highest BCUT2D eigenvalue weighted by molar-refractivity contribution is 6.36. The Labute approximate surface area is 138 Å². The van der Waals surface area contributed by atoms with Gasteiger partial charge in [-0.1, -0.05) is 36.2 Å². The summed E-state index contributed by atoms with van der Waals surface area (Å²) >= 11 is 12.6. The van der Waals surface area contributed by atoms with Gasteiger partial charge in [0.1, 0.15) is 0 Å². The number of benzene rings is 1. The first-order valence-electron chi connectivity index (χ1n) is 7.98. The number of halogens is 2. The van der Waals surface area contributed by atoms with Crippen LogP contribution in [-0.4, -0.2) is 25.3 Å². The van der Waals surface area contributed by atoms with Gasteiger partial charge in [-0.2, -0.15) is 0 Å². The number of ether oxygens (including phenoxy) is 1. The molecule has 1 saturated heterocycles. The third-order valence-corrected chi connectivity index (χ3v) is 4.72. The fourth-order valence-corrected chi connectivity index (χ4v) is 3.42. The summed E-state index contributed by atoms with van der Waals surface area (Å²) < 4.78 is 5.88. The molecule has 21 heavy (non-hydrogen) atoms. The van der Waals surface area contributed by atoms with Crippen molar-refractivity contribution in [3.63, 3.8) is 0 Å². The molecule has 0 spiro atoms. The molecule has 2 nitrogen and oxygen atoms in total. The molecule has 1 heterocycles. The predicted octanol–water partition coefficient (Wildman–Crippen LogP) is 4.86. The second-order valence-corrected chi connectivity index (χ2v) is 6.59. The summed E-state index contributed by atoms with van der Waals surface area (Å²) in [6.45, 7) is 4.10. The van der Waals surface area contributed by atoms with Crippen molar-refractivity contribution in [1.29, 1.82) is 0 Å². The monoisotopic (exact) mass is 329 g/mol. The first-order chi connectivity index (χ1) is 10.2. The van der Waals surface area contributed by atoms with E-state index in [2.05, 4.69) is 12.2 Å². The Morgan fingerprint density at radius 1 is 1.29 bits per heavy atom. The van der Waals surface area contributed by atoms with Crippen LogP contribution in [-0.2, 0) is 11.2 Å². The van der Waals surface area contributed by atoms with E-state index >= 15 is 0 Å². The van der Waals surface area contributed by atoms with Crippen molar-refractivity contribution in [2.75, 3.05) is 13.2 Å². The van der Waals surface area contributed by atoms with Crippen LogP contribution in [0.15, 0.2) is 18.2 Å². The Bertz CT molecular complexity index is 413. The minimum atomic E-state index is 0.366. The van der Waals surface area contributed by atoms with Crippen molar-refractivity contribution < 1.29 is 4.74 Å². The summed E-state index contributed by atoms with van der Waals surface area (Å²) in [6, 6.07) is 6.09. The standard InChI is InChI=1S/C17H25Cl2NO/c1-2-9-20-13(11-14-6-3-4-10-21-14)12-15-16(18)7-5-8-17(15)19/h5,7-8,13-14,20H,2-4,6,9-12H2,1H3. The minimum absolute atomic E-state index is 0.366. The van der Waals surface area contributed by atoms with Gasteiger partial charge < -0.3 is 10.1 Å². The van der Waals surface area contributed by atoms with Crippen molar-refractivity contribution in [1.82, 2.24) is 5.32 Å². The van der Waals surface area contributed by atoms with Crippen LogP contribution in [0.5, 0.6) is 0 Å². The van der Waals surface area contributed by atoms with Crippen LogP contribution < -0.4 is 5.32 Å². The summed E-state index contributed by atoms with van der Waals surface area (Å²) in [5.74, 6) is 0. The van der Waals surface area contributed by atoms with Gasteiger partial charge in [0, 0.05) is 22.7 Å². The molecule has 2 atom stereocenters. The summed E-state index contributed by atoms with van der Waals surface area (Å²) in [4.78, 5) is 0. The third-order valence-electron chi connectivity index (χ3n) is 4.02. The molecule has 0 bridgehead atoms. The molecule has 1 aromatic carbocycles. The van der Waals surface area contributed by atoms with Crippen LogP contribution in [0.25, 0.3) is 0 Å². The Morgan fingerprint density at radius 3 is 2.67 bits per heavy atom. The average Bonchev–Trinajstić information content (AvgIpc) is 2.49. The highest BCUT2D eigenvalue weighted by Crippen LogP contribution is 2.27. The van der Waals surface area contributed by atoms with Crippen LogP contribution >= 0.6 is 23.2 Å². The van der Waals surface area contributed by atoms with Gasteiger partial charge in [0.25, 0.3) is 0 Å². The largest absolute Gasteiger partial charge is 0.378 e. The van der Waals surface area contributed by atoms with Gasteiger partial charge >= 0.3 is 0 Å². The predicted molar refractivity (Wildman–Crippen MR) is 90.5 cm³/mol. The molecule has 0 radical (unpaired) electrons. The van der Waals surface area contributed by atoms with Crippen LogP contribution in [0.3, 0.4) is 0 Å². The van der Waals surface area contributed by atoms with Gasteiger partial charge in [-0.3, -0.25) is 0 Å². The molecule has 0 aliphatic carbocycles. The van der Waals surface area contributed by atoms with Gasteiger partial charge in [-0.15, -0.1) is 0 Å². The molecule has 4 heteroatoms. The molecule has 1 fully saturated rings. The highest BCUT2D eigenvalue weighted by atomic mass is 35.5. The maximum Gasteiger partial charge on any atom is 0.0590 e. The number of hydrogen-bond acceptors (Lipinski definition) is 2. The number of rotatable bonds is 7. The fourth-order valence-electron chi connectivity index (χ4n) is 2.87. The van der Waals surface area contributed by atoms with Crippen LogP contribution in [0.2, 0.25) is 10.0 Å². The molecule has 1 aliphatic heterocycles. The number of nitrogens with one attached hydrogen (secondary N) is 1. The number of hydrogen-bond donors (Lipinski definition) is 1. The first kappa shape index (κ1) is 17.1. The summed E-state index contributed by atoms with van der Waals surface area (Å²) in [7, 11) is 0. The summed E-state index contributed by atoms with van der Waals surface area (Å²) in [5, 5.41) is 5.14. The van der Waals surface area contributed by atoms with E-state index in [1.165, 1.54) is 19.3 Å². The SMILES string of the molecule is CCCNC(Cc1c(Cl)cccc1Cl)CC1CCCCO1. The molecule has 118 valence electrons. The first-order valence-corrected chi connectivity index (χ1v) is 8.74. The van der Waals surface area contributed by atoms with Gasteiger partial charge in [-0.05, 0) is 62.8 Å². The van der Waals surface area contributed by atoms with Gasteiger partial charge in [0.05, 0.1) is 6.10 Å². The topological polar surface area (TPSA) is 21.3 Å². The van der Waals surface area contributed by atoms with E-state index in [-0.39, 0.29) is 0 Å². The fraction of sp³-hybridized carbons (Fsp3) is 0.647. The lowest BCUT2D eigenvalue weighted by molar-refractivity contribution is 0.00526. The second-order valence-electron chi connectivity index (χ2n) is 5.78. The maximum atomic E-state index is 6.31. The molecule has 2 rings (SSSR count). The zero-order valence-corrected chi connectivity index (χ0v) is 14.2. The Hall–Kier alpha value is -0.280. The van der Waals surface area contributed by atoms with Crippen molar-refractivity contribution in [3.05, 3.63) is 33.8 Å². The van der Waals surface area contributed by atoms with E-state index in [0.717, 1.165) is 48.0 Å². The zero-order valence-electron chi connectivity index (χ0n) is 12.7. The van der Waals surface area contributed by atoms with E-state index in [4.69, 9.17) is 27.9 Å². The van der Waals surface area contributed by atoms with Crippen LogP contribution in [0.1, 0.15) is 44.6 Å². The van der Waals surface area contributed by atoms with Crippen molar-refractivity contribution in [2.45, 2.75) is 57.6 Å². The van der Waals surface area contributed by atoms with E-state index in [1.54, 1.807) is 0 Å². The molecule has 1 aromatic rings. The van der Waals surface area contributed by atoms with E-state index < -0.39 is 0 Å². The van der Waals surface area contributed by atoms with Gasteiger partial charge in [-0.25, -0.2) is 0 Å². The summed E-state index contributed by atoms with van der Waals surface area (Å²) in [6.07, 6.45) is 7.02. The second kappa shape index (κ2) is 8.99. The van der Waals surface area contributed by atoms with E-state index in [0.29, 0.717) is 12.1 Å². The third kappa shape index (κ3) is 5.45. The van der Waals surface area contributed by atoms with Crippen molar-refractivity contribution >= 4 is 23.2 Å². The maximum absolute atomic E-state index is 6.31. The summed E-state index contributed by atoms with van der Waals surface area (Å²) in [5.41, 5.74) is 1.05. The molecular formula is C17H25Cl2NO. The van der Waals surface area contributed by atoms with Gasteiger partial charge in [0.2, 0.25) is 0 Å². The van der Waals surface area contributed by atoms with Crippen LogP contribution in [0, 0.1) is 0 Å². The van der Waals surface area contributed by atoms with Crippen LogP contribution in [0.4, 0.5) is 0 Å². The normalized spacial score (nSPS) is 20.4. The lowest BCUT2D eigenvalue weighted by atomic mass is 9.96. The molecule has 1 aliphatic rings. The quantitative estimate of drug-likeness (QED) is 0.771. The molecule has 1 N–H and O–H groups in total. The van der Waals surface area contributed by atoms with E-state index in [1.807, 2.05) is 18.2 Å². The van der Waals surface area contributed by atoms with Crippen molar-refractivity contribution in [3.8, 4) is 0 Å². The molecule has 0 aromatic heterocycles. The minimum Gasteiger partial charge on any atom is -0.378 e. The lowest BCUT2D eigenvalue weighted by Gasteiger charge is -2.28. The Morgan fingerprint density at radius 2 is 2.05 bits per heavy atom. The van der Waals surface area contributed by atoms with E-state index in [9.17, 15) is 0 Å². The average molecular weight is 330 g/mol. The van der Waals surface area contributed by atoms with Gasteiger partial charge in [0.15, 0.2) is 0 Å². The Kier molecular flexibility index (Phi) is 7.31.